The first-order valence-electron chi connectivity index (χ1n) is 6.21. The minimum atomic E-state index is -0.993. The van der Waals surface area contributed by atoms with Crippen molar-refractivity contribution in [1.82, 2.24) is 4.90 Å². The first kappa shape index (κ1) is 13.5. The molecule has 0 saturated heterocycles. The van der Waals surface area contributed by atoms with Gasteiger partial charge in [0.15, 0.2) is 0 Å². The van der Waals surface area contributed by atoms with Crippen LogP contribution in [0.4, 0.5) is 5.69 Å². The number of aliphatic hydroxyl groups excluding tert-OH is 1. The molecule has 0 bridgehead atoms. The topological polar surface area (TPSA) is 60.9 Å². The van der Waals surface area contributed by atoms with Crippen LogP contribution in [0.3, 0.4) is 0 Å². The van der Waals surface area contributed by atoms with Crippen molar-refractivity contribution in [2.45, 2.75) is 26.0 Å². The molecule has 5 heteroatoms. The Morgan fingerprint density at radius 2 is 2.21 bits per heavy atom. The van der Waals surface area contributed by atoms with E-state index in [-0.39, 0.29) is 11.8 Å². The van der Waals surface area contributed by atoms with Crippen LogP contribution in [0.5, 0.6) is 0 Å². The van der Waals surface area contributed by atoms with E-state index in [0.29, 0.717) is 13.0 Å². The van der Waals surface area contributed by atoms with Crippen LogP contribution in [0.1, 0.15) is 18.1 Å². The lowest BCUT2D eigenvalue weighted by molar-refractivity contribution is -0.138. The van der Waals surface area contributed by atoms with Crippen molar-refractivity contribution in [3.05, 3.63) is 29.3 Å². The highest BCUT2D eigenvalue weighted by Crippen LogP contribution is 2.28. The molecule has 1 unspecified atom stereocenters. The van der Waals surface area contributed by atoms with E-state index in [9.17, 15) is 14.7 Å². The molecule has 1 aromatic carbocycles. The Bertz CT molecular complexity index is 525. The van der Waals surface area contributed by atoms with Crippen LogP contribution in [-0.4, -0.2) is 42.0 Å². The van der Waals surface area contributed by atoms with E-state index in [4.69, 9.17) is 0 Å². The predicted octanol–water partition coefficient (Wildman–Crippen LogP) is 0.545. The third kappa shape index (κ3) is 2.61. The molecule has 0 aromatic heterocycles. The molecular formula is C14H18N2O3. The van der Waals surface area contributed by atoms with Crippen molar-refractivity contribution in [2.75, 3.05) is 19.0 Å². The van der Waals surface area contributed by atoms with Crippen molar-refractivity contribution in [3.8, 4) is 0 Å². The zero-order valence-electron chi connectivity index (χ0n) is 11.4. The number of rotatable bonds is 3. The average molecular weight is 262 g/mol. The Balaban J connectivity index is 2.14. The van der Waals surface area contributed by atoms with E-state index in [1.54, 1.807) is 19.0 Å². The summed E-state index contributed by atoms with van der Waals surface area (Å²) in [6.45, 7) is 1.88. The van der Waals surface area contributed by atoms with Crippen molar-refractivity contribution in [1.29, 1.82) is 0 Å². The van der Waals surface area contributed by atoms with Gasteiger partial charge in [-0.2, -0.15) is 0 Å². The summed E-state index contributed by atoms with van der Waals surface area (Å²) in [7, 11) is 3.41. The summed E-state index contributed by atoms with van der Waals surface area (Å²) in [5.74, 6) is -0.228. The number of anilines is 1. The molecule has 1 aromatic rings. The second-order valence-corrected chi connectivity index (χ2v) is 4.96. The standard InChI is InChI=1S/C14H18N2O3/c1-9(17)14(19)15(2)8-10-4-5-12-11(6-10)7-13(18)16(12)3/h4-6,9,17H,7-8H2,1-3H3. The number of carbonyl (C=O) groups is 2. The van der Waals surface area contributed by atoms with Gasteiger partial charge in [0.1, 0.15) is 6.10 Å². The summed E-state index contributed by atoms with van der Waals surface area (Å²) >= 11 is 0. The zero-order chi connectivity index (χ0) is 14.2. The minimum Gasteiger partial charge on any atom is -0.384 e. The lowest BCUT2D eigenvalue weighted by Crippen LogP contribution is -2.34. The zero-order valence-corrected chi connectivity index (χ0v) is 11.4. The van der Waals surface area contributed by atoms with Gasteiger partial charge in [-0.1, -0.05) is 12.1 Å². The third-order valence-corrected chi connectivity index (χ3v) is 3.37. The molecule has 0 saturated carbocycles. The second kappa shape index (κ2) is 5.01. The summed E-state index contributed by atoms with van der Waals surface area (Å²) in [5, 5.41) is 9.25. The number of fused-ring (bicyclic) bond motifs is 1. The highest BCUT2D eigenvalue weighted by Gasteiger charge is 2.24. The molecule has 2 amide bonds. The van der Waals surface area contributed by atoms with E-state index in [2.05, 4.69) is 0 Å². The van der Waals surface area contributed by atoms with Gasteiger partial charge in [0, 0.05) is 26.3 Å². The van der Waals surface area contributed by atoms with Crippen molar-refractivity contribution in [2.24, 2.45) is 0 Å². The predicted molar refractivity (Wildman–Crippen MR) is 71.7 cm³/mol. The van der Waals surface area contributed by atoms with Gasteiger partial charge < -0.3 is 14.9 Å². The summed E-state index contributed by atoms with van der Waals surface area (Å²) in [6.07, 6.45) is -0.583. The second-order valence-electron chi connectivity index (χ2n) is 4.96. The highest BCUT2D eigenvalue weighted by molar-refractivity contribution is 6.00. The molecule has 1 N–H and O–H groups in total. The maximum absolute atomic E-state index is 11.6. The van der Waals surface area contributed by atoms with Crippen LogP contribution in [0.15, 0.2) is 18.2 Å². The summed E-state index contributed by atoms with van der Waals surface area (Å²) in [5.41, 5.74) is 2.87. The number of carbonyl (C=O) groups excluding carboxylic acids is 2. The Kier molecular flexibility index (Phi) is 3.57. The molecule has 19 heavy (non-hydrogen) atoms. The Morgan fingerprint density at radius 1 is 1.53 bits per heavy atom. The fourth-order valence-corrected chi connectivity index (χ4v) is 2.29. The minimum absolute atomic E-state index is 0.0839. The Labute approximate surface area is 112 Å². The van der Waals surface area contributed by atoms with E-state index in [1.807, 2.05) is 18.2 Å². The smallest absolute Gasteiger partial charge is 0.251 e. The normalized spacial score (nSPS) is 15.4. The van der Waals surface area contributed by atoms with Gasteiger partial charge in [0.05, 0.1) is 6.42 Å². The SMILES string of the molecule is CC(O)C(=O)N(C)Cc1ccc2c(c1)CC(=O)N2C. The van der Waals surface area contributed by atoms with Crippen LogP contribution < -0.4 is 4.90 Å². The van der Waals surface area contributed by atoms with Crippen LogP contribution in [-0.2, 0) is 22.6 Å². The van der Waals surface area contributed by atoms with Crippen molar-refractivity contribution in [3.63, 3.8) is 0 Å². The van der Waals surface area contributed by atoms with Crippen LogP contribution in [0, 0.1) is 0 Å². The first-order valence-corrected chi connectivity index (χ1v) is 6.21. The van der Waals surface area contributed by atoms with Gasteiger partial charge in [0.2, 0.25) is 5.91 Å². The monoisotopic (exact) mass is 262 g/mol. The lowest BCUT2D eigenvalue weighted by Gasteiger charge is -2.19. The third-order valence-electron chi connectivity index (χ3n) is 3.37. The molecule has 1 aliphatic rings. The van der Waals surface area contributed by atoms with Crippen molar-refractivity contribution >= 4 is 17.5 Å². The molecule has 0 aliphatic carbocycles. The highest BCUT2D eigenvalue weighted by atomic mass is 16.3. The van der Waals surface area contributed by atoms with Gasteiger partial charge in [-0.25, -0.2) is 0 Å². The fraction of sp³-hybridized carbons (Fsp3) is 0.429. The summed E-state index contributed by atoms with van der Waals surface area (Å²) in [4.78, 5) is 26.3. The maximum Gasteiger partial charge on any atom is 0.251 e. The molecule has 0 radical (unpaired) electrons. The number of amides is 2. The van der Waals surface area contributed by atoms with Gasteiger partial charge in [-0.05, 0) is 24.1 Å². The van der Waals surface area contributed by atoms with Crippen LogP contribution in [0.2, 0.25) is 0 Å². The molecule has 5 nitrogen and oxygen atoms in total. The Morgan fingerprint density at radius 3 is 2.84 bits per heavy atom. The molecule has 0 spiro atoms. The number of nitrogens with zero attached hydrogens (tertiary/aromatic N) is 2. The largest absolute Gasteiger partial charge is 0.384 e. The number of benzene rings is 1. The number of aliphatic hydroxyl groups is 1. The first-order chi connectivity index (χ1) is 8.90. The quantitative estimate of drug-likeness (QED) is 0.865. The average Bonchev–Trinajstić information content (AvgIpc) is 2.63. The molecule has 2 rings (SSSR count). The van der Waals surface area contributed by atoms with Gasteiger partial charge in [-0.15, -0.1) is 0 Å². The number of hydrogen-bond acceptors (Lipinski definition) is 3. The van der Waals surface area contributed by atoms with Gasteiger partial charge in [-0.3, -0.25) is 9.59 Å². The van der Waals surface area contributed by atoms with E-state index in [0.717, 1.165) is 16.8 Å². The van der Waals surface area contributed by atoms with E-state index >= 15 is 0 Å². The lowest BCUT2D eigenvalue weighted by atomic mass is 10.1. The van der Waals surface area contributed by atoms with Gasteiger partial charge in [0.25, 0.3) is 5.91 Å². The van der Waals surface area contributed by atoms with E-state index < -0.39 is 6.10 Å². The molecule has 1 heterocycles. The van der Waals surface area contributed by atoms with Crippen LogP contribution >= 0.6 is 0 Å². The van der Waals surface area contributed by atoms with E-state index in [1.165, 1.54) is 11.8 Å². The summed E-state index contributed by atoms with van der Waals surface area (Å²) in [6, 6.07) is 5.75. The number of likely N-dealkylation sites (N-methyl/N-ethyl adjacent to an activating group) is 2. The number of hydrogen-bond donors (Lipinski definition) is 1. The molecule has 1 atom stereocenters. The van der Waals surface area contributed by atoms with Crippen LogP contribution in [0.25, 0.3) is 0 Å². The van der Waals surface area contributed by atoms with Gasteiger partial charge >= 0.3 is 0 Å². The molecule has 0 fully saturated rings. The fourth-order valence-electron chi connectivity index (χ4n) is 2.29. The molecule has 1 aliphatic heterocycles. The summed E-state index contributed by atoms with van der Waals surface area (Å²) < 4.78 is 0. The maximum atomic E-state index is 11.6. The Hall–Kier alpha value is -1.88. The van der Waals surface area contributed by atoms with Crippen molar-refractivity contribution < 1.29 is 14.7 Å². The molecule has 102 valence electrons. The molecular weight excluding hydrogens is 244 g/mol.